The third-order valence-electron chi connectivity index (χ3n) is 6.03. The average molecular weight is 450 g/mol. The Bertz CT molecular complexity index is 919. The van der Waals surface area contributed by atoms with Crippen LogP contribution >= 0.6 is 11.6 Å². The van der Waals surface area contributed by atoms with Crippen molar-refractivity contribution in [1.82, 2.24) is 5.32 Å². The van der Waals surface area contributed by atoms with Gasteiger partial charge in [0.1, 0.15) is 36.3 Å². The van der Waals surface area contributed by atoms with E-state index in [-0.39, 0.29) is 0 Å². The number of halogens is 1. The summed E-state index contributed by atoms with van der Waals surface area (Å²) in [5, 5.41) is 44.2. The first-order valence-corrected chi connectivity index (χ1v) is 10.8. The second-order valence-electron chi connectivity index (χ2n) is 8.12. The Morgan fingerprint density at radius 2 is 1.77 bits per heavy atom. The van der Waals surface area contributed by atoms with Crippen molar-refractivity contribution in [3.63, 3.8) is 0 Å². The molecule has 0 spiro atoms. The van der Waals surface area contributed by atoms with Crippen molar-refractivity contribution in [2.45, 2.75) is 49.9 Å². The first kappa shape index (κ1) is 22.5. The molecule has 2 aliphatic heterocycles. The molecule has 1 saturated heterocycles. The van der Waals surface area contributed by atoms with Crippen LogP contribution in [0.3, 0.4) is 0 Å². The number of fused-ring (bicyclic) bond motifs is 1. The number of ether oxygens (including phenoxy) is 2. The topological polar surface area (TPSA) is 111 Å². The van der Waals surface area contributed by atoms with Gasteiger partial charge in [-0.1, -0.05) is 41.9 Å². The van der Waals surface area contributed by atoms with Crippen molar-refractivity contribution in [2.75, 3.05) is 20.3 Å². The average Bonchev–Trinajstić information content (AvgIpc) is 3.27. The van der Waals surface area contributed by atoms with Crippen molar-refractivity contribution >= 4 is 11.6 Å². The van der Waals surface area contributed by atoms with Gasteiger partial charge in [0.05, 0.1) is 18.2 Å². The molecule has 0 unspecified atom stereocenters. The molecule has 0 bridgehead atoms. The predicted molar refractivity (Wildman–Crippen MR) is 115 cm³/mol. The highest BCUT2D eigenvalue weighted by molar-refractivity contribution is 6.33. The first-order chi connectivity index (χ1) is 14.9. The smallest absolute Gasteiger partial charge is 0.141 e. The fourth-order valence-corrected chi connectivity index (χ4v) is 4.64. The van der Waals surface area contributed by atoms with Crippen LogP contribution in [0.2, 0.25) is 5.02 Å². The summed E-state index contributed by atoms with van der Waals surface area (Å²) in [7, 11) is 1.90. The zero-order valence-corrected chi connectivity index (χ0v) is 18.0. The molecule has 0 aliphatic carbocycles. The highest BCUT2D eigenvalue weighted by Crippen LogP contribution is 2.44. The Morgan fingerprint density at radius 3 is 2.45 bits per heavy atom. The van der Waals surface area contributed by atoms with Crippen LogP contribution in [0.4, 0.5) is 0 Å². The number of hydrogen-bond acceptors (Lipinski definition) is 7. The molecule has 31 heavy (non-hydrogen) atoms. The summed E-state index contributed by atoms with van der Waals surface area (Å²) >= 11 is 6.67. The van der Waals surface area contributed by atoms with Gasteiger partial charge in [-0.15, -0.1) is 0 Å². The molecule has 2 aromatic carbocycles. The molecular formula is C23H28ClNO6. The third kappa shape index (κ3) is 4.32. The van der Waals surface area contributed by atoms with Crippen molar-refractivity contribution in [1.29, 1.82) is 0 Å². The molecule has 2 heterocycles. The Labute approximate surface area is 186 Å². The van der Waals surface area contributed by atoms with Crippen LogP contribution in [-0.2, 0) is 24.1 Å². The summed E-state index contributed by atoms with van der Waals surface area (Å²) in [6.07, 6.45) is -4.92. The van der Waals surface area contributed by atoms with Crippen LogP contribution in [0.5, 0.6) is 5.75 Å². The lowest BCUT2D eigenvalue weighted by Crippen LogP contribution is -2.55. The van der Waals surface area contributed by atoms with Crippen LogP contribution in [0, 0.1) is 0 Å². The van der Waals surface area contributed by atoms with E-state index < -0.39 is 37.1 Å². The Morgan fingerprint density at radius 1 is 1.06 bits per heavy atom. The van der Waals surface area contributed by atoms with Crippen LogP contribution < -0.4 is 10.1 Å². The fraction of sp³-hybridized carbons (Fsp3) is 0.478. The molecule has 5 atom stereocenters. The van der Waals surface area contributed by atoms with E-state index in [0.29, 0.717) is 35.8 Å². The number of hydrogen-bond donors (Lipinski definition) is 5. The summed E-state index contributed by atoms with van der Waals surface area (Å²) in [5.41, 5.74) is 4.55. The van der Waals surface area contributed by atoms with Gasteiger partial charge < -0.3 is 35.2 Å². The molecule has 0 saturated carbocycles. The largest absolute Gasteiger partial charge is 0.491 e. The maximum Gasteiger partial charge on any atom is 0.141 e. The van der Waals surface area contributed by atoms with Crippen LogP contribution in [-0.4, -0.2) is 65.1 Å². The Balaban J connectivity index is 1.70. The van der Waals surface area contributed by atoms with Gasteiger partial charge in [0.15, 0.2) is 0 Å². The van der Waals surface area contributed by atoms with Crippen molar-refractivity contribution < 1.29 is 29.9 Å². The lowest BCUT2D eigenvalue weighted by atomic mass is 9.87. The molecule has 5 N–H and O–H groups in total. The molecule has 0 aromatic heterocycles. The molecule has 2 aliphatic rings. The Kier molecular flexibility index (Phi) is 6.83. The zero-order chi connectivity index (χ0) is 22.1. The number of aliphatic hydroxyl groups is 4. The minimum absolute atomic E-state index is 0.460. The number of aliphatic hydroxyl groups excluding tert-OH is 4. The van der Waals surface area contributed by atoms with E-state index in [1.165, 1.54) is 5.56 Å². The summed E-state index contributed by atoms with van der Waals surface area (Å²) in [5.74, 6) is 0.568. The van der Waals surface area contributed by atoms with E-state index >= 15 is 0 Å². The second-order valence-corrected chi connectivity index (χ2v) is 8.50. The number of benzene rings is 2. The molecule has 0 amide bonds. The predicted octanol–water partition coefficient (Wildman–Crippen LogP) is 1.10. The van der Waals surface area contributed by atoms with E-state index in [0.717, 1.165) is 23.2 Å². The lowest BCUT2D eigenvalue weighted by Gasteiger charge is -2.40. The van der Waals surface area contributed by atoms with Crippen LogP contribution in [0.15, 0.2) is 30.3 Å². The molecule has 4 rings (SSSR count). The van der Waals surface area contributed by atoms with Gasteiger partial charge >= 0.3 is 0 Å². The van der Waals surface area contributed by atoms with E-state index in [9.17, 15) is 20.4 Å². The fourth-order valence-electron chi connectivity index (χ4n) is 4.35. The molecular weight excluding hydrogens is 422 g/mol. The van der Waals surface area contributed by atoms with E-state index in [1.54, 1.807) is 0 Å². The highest BCUT2D eigenvalue weighted by atomic mass is 35.5. The highest BCUT2D eigenvalue weighted by Gasteiger charge is 2.45. The minimum Gasteiger partial charge on any atom is -0.491 e. The Hall–Kier alpha value is -1.71. The SMILES string of the molecule is CNCc1ccc(Cc2cc([C@@H]3O[C@H](CO)[C@@H](O)[C@H](O)[C@H]3O)c3c(c2Cl)OCC3)cc1. The van der Waals surface area contributed by atoms with Gasteiger partial charge in [-0.25, -0.2) is 0 Å². The minimum atomic E-state index is -1.44. The van der Waals surface area contributed by atoms with E-state index in [4.69, 9.17) is 21.1 Å². The zero-order valence-electron chi connectivity index (χ0n) is 17.3. The van der Waals surface area contributed by atoms with Gasteiger partial charge in [0, 0.05) is 18.5 Å². The van der Waals surface area contributed by atoms with Crippen molar-refractivity contribution in [2.24, 2.45) is 0 Å². The van der Waals surface area contributed by atoms with Gasteiger partial charge in [-0.2, -0.15) is 0 Å². The maximum atomic E-state index is 10.6. The summed E-state index contributed by atoms with van der Waals surface area (Å²) < 4.78 is 11.6. The number of nitrogens with one attached hydrogen (secondary N) is 1. The molecule has 8 heteroatoms. The second kappa shape index (κ2) is 9.42. The van der Waals surface area contributed by atoms with Crippen LogP contribution in [0.1, 0.15) is 33.9 Å². The van der Waals surface area contributed by atoms with E-state index in [1.807, 2.05) is 25.2 Å². The molecule has 7 nitrogen and oxygen atoms in total. The van der Waals surface area contributed by atoms with Crippen molar-refractivity contribution in [3.8, 4) is 5.75 Å². The first-order valence-electron chi connectivity index (χ1n) is 10.4. The third-order valence-corrected chi connectivity index (χ3v) is 6.44. The van der Waals surface area contributed by atoms with Gasteiger partial charge in [0.25, 0.3) is 0 Å². The van der Waals surface area contributed by atoms with E-state index in [2.05, 4.69) is 17.4 Å². The van der Waals surface area contributed by atoms with Gasteiger partial charge in [-0.3, -0.25) is 0 Å². The van der Waals surface area contributed by atoms with Crippen LogP contribution in [0.25, 0.3) is 0 Å². The molecule has 1 fully saturated rings. The monoisotopic (exact) mass is 449 g/mol. The quantitative estimate of drug-likeness (QED) is 0.449. The van der Waals surface area contributed by atoms with Gasteiger partial charge in [0.2, 0.25) is 0 Å². The van der Waals surface area contributed by atoms with Gasteiger partial charge in [-0.05, 0) is 35.7 Å². The molecule has 168 valence electrons. The molecule has 0 radical (unpaired) electrons. The number of rotatable bonds is 6. The summed E-state index contributed by atoms with van der Waals surface area (Å²) in [4.78, 5) is 0. The summed E-state index contributed by atoms with van der Waals surface area (Å²) in [6.45, 7) is 0.774. The normalized spacial score (nSPS) is 27.7. The standard InChI is InChI=1S/C23H28ClNO6/c1-25-10-13-4-2-12(3-5-13)8-14-9-16(15-6-7-30-22(15)18(14)24)23-21(29)20(28)19(27)17(11-26)31-23/h2-5,9,17,19-21,23,25-29H,6-8,10-11H2,1H3/t17-,19-,20+,21-,23+/m1/s1. The molecule has 2 aromatic rings. The van der Waals surface area contributed by atoms with Crippen molar-refractivity contribution in [3.05, 3.63) is 63.2 Å². The lowest BCUT2D eigenvalue weighted by molar-refractivity contribution is -0.231. The summed E-state index contributed by atoms with van der Waals surface area (Å²) in [6, 6.07) is 10.1. The maximum absolute atomic E-state index is 10.6.